The molecule has 0 spiro atoms. The molecule has 3 nitrogen and oxygen atoms in total. The predicted octanol–water partition coefficient (Wildman–Crippen LogP) is 2.41. The van der Waals surface area contributed by atoms with Crippen LogP contribution in [-0.2, 0) is 4.79 Å². The number of piperidine rings is 1. The molecule has 1 fully saturated rings. The number of hydrogen-bond donors (Lipinski definition) is 1. The Hall–Kier alpha value is -1.84. The van der Waals surface area contributed by atoms with Crippen LogP contribution in [-0.4, -0.2) is 25.0 Å². The van der Waals surface area contributed by atoms with Crippen molar-refractivity contribution in [3.05, 3.63) is 42.2 Å². The third-order valence-electron chi connectivity index (χ3n) is 3.45. The number of nitrogens with one attached hydrogen (secondary N) is 1. The van der Waals surface area contributed by atoms with E-state index in [0.29, 0.717) is 0 Å². The number of carbonyl (C=O) groups is 1. The number of carbonyl (C=O) groups excluding carboxylic acids is 1. The summed E-state index contributed by atoms with van der Waals surface area (Å²) in [4.78, 5) is 13.5. The van der Waals surface area contributed by atoms with E-state index in [0.717, 1.165) is 37.2 Å². The number of anilines is 1. The van der Waals surface area contributed by atoms with Gasteiger partial charge in [-0.05, 0) is 49.6 Å². The minimum Gasteiger partial charge on any atom is -0.369 e. The number of aryl methyl sites for hydroxylation is 1. The van der Waals surface area contributed by atoms with Gasteiger partial charge >= 0.3 is 0 Å². The van der Waals surface area contributed by atoms with E-state index >= 15 is 0 Å². The van der Waals surface area contributed by atoms with Gasteiger partial charge < -0.3 is 10.2 Å². The zero-order chi connectivity index (χ0) is 13.8. The van der Waals surface area contributed by atoms with E-state index in [1.165, 1.54) is 12.1 Å². The summed E-state index contributed by atoms with van der Waals surface area (Å²) < 4.78 is 13.1. The van der Waals surface area contributed by atoms with Gasteiger partial charge in [-0.2, -0.15) is 0 Å². The van der Waals surface area contributed by atoms with Gasteiger partial charge in [-0.25, -0.2) is 4.39 Å². The molecule has 1 unspecified atom stereocenters. The number of amides is 1. The molecule has 19 heavy (non-hydrogen) atoms. The van der Waals surface area contributed by atoms with Gasteiger partial charge in [0.15, 0.2) is 0 Å². The molecule has 1 amide bonds. The molecule has 0 aliphatic carbocycles. The highest BCUT2D eigenvalue weighted by Gasteiger charge is 2.21. The van der Waals surface area contributed by atoms with E-state index in [4.69, 9.17) is 0 Å². The minimum absolute atomic E-state index is 0.128. The standard InChI is InChI=1S/C15H19FN2O/c1-3-15(19)17-13-5-4-8-18(10-13)14-7-6-12(16)9-11(14)2/h3,6-7,9,13H,1,4-5,8,10H2,2H3,(H,17,19). The quantitative estimate of drug-likeness (QED) is 0.848. The molecule has 2 rings (SSSR count). The summed E-state index contributed by atoms with van der Waals surface area (Å²) in [5, 5.41) is 2.93. The molecule has 0 bridgehead atoms. The second kappa shape index (κ2) is 5.87. The fourth-order valence-electron chi connectivity index (χ4n) is 2.55. The number of benzene rings is 1. The Morgan fingerprint density at radius 3 is 3.05 bits per heavy atom. The van der Waals surface area contributed by atoms with E-state index in [2.05, 4.69) is 16.8 Å². The lowest BCUT2D eigenvalue weighted by Crippen LogP contribution is -2.47. The van der Waals surface area contributed by atoms with Crippen molar-refractivity contribution in [3.8, 4) is 0 Å². The minimum atomic E-state index is -0.213. The Morgan fingerprint density at radius 1 is 1.58 bits per heavy atom. The lowest BCUT2D eigenvalue weighted by molar-refractivity contribution is -0.117. The number of hydrogen-bond acceptors (Lipinski definition) is 2. The molecule has 1 atom stereocenters. The maximum atomic E-state index is 13.1. The van der Waals surface area contributed by atoms with Crippen molar-refractivity contribution >= 4 is 11.6 Å². The summed E-state index contributed by atoms with van der Waals surface area (Å²) in [7, 11) is 0. The van der Waals surface area contributed by atoms with Crippen LogP contribution in [0.4, 0.5) is 10.1 Å². The molecular formula is C15H19FN2O. The first-order chi connectivity index (χ1) is 9.10. The maximum absolute atomic E-state index is 13.1. The van der Waals surface area contributed by atoms with Crippen LogP contribution in [0.1, 0.15) is 18.4 Å². The topological polar surface area (TPSA) is 32.3 Å². The summed E-state index contributed by atoms with van der Waals surface area (Å²) in [6, 6.07) is 4.96. The van der Waals surface area contributed by atoms with Gasteiger partial charge in [0.2, 0.25) is 5.91 Å². The Kier molecular flexibility index (Phi) is 4.20. The summed E-state index contributed by atoms with van der Waals surface area (Å²) in [5.74, 6) is -0.350. The number of nitrogens with zero attached hydrogens (tertiary/aromatic N) is 1. The first-order valence-electron chi connectivity index (χ1n) is 6.54. The van der Waals surface area contributed by atoms with Crippen molar-refractivity contribution in [2.45, 2.75) is 25.8 Å². The zero-order valence-corrected chi connectivity index (χ0v) is 11.2. The van der Waals surface area contributed by atoms with Gasteiger partial charge in [0.1, 0.15) is 5.82 Å². The molecular weight excluding hydrogens is 243 g/mol. The molecule has 0 radical (unpaired) electrons. The smallest absolute Gasteiger partial charge is 0.243 e. The van der Waals surface area contributed by atoms with Gasteiger partial charge in [0, 0.05) is 24.8 Å². The van der Waals surface area contributed by atoms with Crippen LogP contribution >= 0.6 is 0 Å². The normalized spacial score (nSPS) is 19.1. The second-order valence-corrected chi connectivity index (χ2v) is 4.93. The van der Waals surface area contributed by atoms with Crippen LogP contribution in [0.2, 0.25) is 0 Å². The van der Waals surface area contributed by atoms with Gasteiger partial charge in [0.05, 0.1) is 0 Å². The van der Waals surface area contributed by atoms with Crippen molar-refractivity contribution in [1.82, 2.24) is 5.32 Å². The molecule has 1 aromatic carbocycles. The molecule has 102 valence electrons. The lowest BCUT2D eigenvalue weighted by atomic mass is 10.0. The Bertz CT molecular complexity index is 487. The summed E-state index contributed by atoms with van der Waals surface area (Å²) in [5.41, 5.74) is 1.97. The molecule has 1 aliphatic rings. The highest BCUT2D eigenvalue weighted by molar-refractivity contribution is 5.87. The molecule has 1 saturated heterocycles. The van der Waals surface area contributed by atoms with Crippen molar-refractivity contribution in [2.75, 3.05) is 18.0 Å². The molecule has 1 N–H and O–H groups in total. The molecule has 4 heteroatoms. The zero-order valence-electron chi connectivity index (χ0n) is 11.2. The fraction of sp³-hybridized carbons (Fsp3) is 0.400. The summed E-state index contributed by atoms with van der Waals surface area (Å²) in [6.45, 7) is 7.06. The molecule has 0 saturated carbocycles. The third kappa shape index (κ3) is 3.34. The molecule has 1 heterocycles. The van der Waals surface area contributed by atoms with E-state index < -0.39 is 0 Å². The first-order valence-corrected chi connectivity index (χ1v) is 6.54. The van der Waals surface area contributed by atoms with Crippen molar-refractivity contribution in [1.29, 1.82) is 0 Å². The van der Waals surface area contributed by atoms with Crippen molar-refractivity contribution in [2.24, 2.45) is 0 Å². The van der Waals surface area contributed by atoms with E-state index in [1.54, 1.807) is 6.07 Å². The predicted molar refractivity (Wildman–Crippen MR) is 74.7 cm³/mol. The Morgan fingerprint density at radius 2 is 2.37 bits per heavy atom. The summed E-state index contributed by atoms with van der Waals surface area (Å²) >= 11 is 0. The number of halogens is 1. The van der Waals surface area contributed by atoms with Gasteiger partial charge in [-0.1, -0.05) is 6.58 Å². The molecule has 1 aliphatic heterocycles. The largest absolute Gasteiger partial charge is 0.369 e. The van der Waals surface area contributed by atoms with Crippen molar-refractivity contribution < 1.29 is 9.18 Å². The lowest BCUT2D eigenvalue weighted by Gasteiger charge is -2.35. The van der Waals surface area contributed by atoms with Gasteiger partial charge in [-0.3, -0.25) is 4.79 Å². The van der Waals surface area contributed by atoms with Crippen LogP contribution < -0.4 is 10.2 Å². The van der Waals surface area contributed by atoms with E-state index in [-0.39, 0.29) is 17.8 Å². The molecule has 0 aromatic heterocycles. The maximum Gasteiger partial charge on any atom is 0.243 e. The fourth-order valence-corrected chi connectivity index (χ4v) is 2.55. The Labute approximate surface area is 113 Å². The number of rotatable bonds is 3. The van der Waals surface area contributed by atoms with Crippen LogP contribution in [0, 0.1) is 12.7 Å². The Balaban J connectivity index is 2.08. The molecule has 1 aromatic rings. The van der Waals surface area contributed by atoms with Gasteiger partial charge in [0.25, 0.3) is 0 Å². The van der Waals surface area contributed by atoms with Crippen molar-refractivity contribution in [3.63, 3.8) is 0 Å². The van der Waals surface area contributed by atoms with Crippen LogP contribution in [0.15, 0.2) is 30.9 Å². The average Bonchev–Trinajstić information content (AvgIpc) is 2.39. The summed E-state index contributed by atoms with van der Waals surface area (Å²) in [6.07, 6.45) is 3.28. The third-order valence-corrected chi connectivity index (χ3v) is 3.45. The SMILES string of the molecule is C=CC(=O)NC1CCCN(c2ccc(F)cc2C)C1. The highest BCUT2D eigenvalue weighted by atomic mass is 19.1. The van der Waals surface area contributed by atoms with Gasteiger partial charge in [-0.15, -0.1) is 0 Å². The van der Waals surface area contributed by atoms with Crippen LogP contribution in [0.3, 0.4) is 0 Å². The van der Waals surface area contributed by atoms with Crippen LogP contribution in [0.5, 0.6) is 0 Å². The van der Waals surface area contributed by atoms with Crippen LogP contribution in [0.25, 0.3) is 0 Å². The average molecular weight is 262 g/mol. The van der Waals surface area contributed by atoms with E-state index in [1.807, 2.05) is 13.0 Å². The van der Waals surface area contributed by atoms with E-state index in [9.17, 15) is 9.18 Å². The first kappa shape index (κ1) is 13.6. The second-order valence-electron chi connectivity index (χ2n) is 4.93. The highest BCUT2D eigenvalue weighted by Crippen LogP contribution is 2.24. The monoisotopic (exact) mass is 262 g/mol.